The Morgan fingerprint density at radius 3 is 2.92 bits per heavy atom. The molecule has 1 heterocycles. The zero-order valence-corrected chi connectivity index (χ0v) is 7.16. The zero-order valence-electron chi connectivity index (χ0n) is 7.16. The van der Waals surface area contributed by atoms with E-state index < -0.39 is 5.79 Å². The molecule has 1 fully saturated rings. The number of nitrogens with one attached hydrogen (secondary N) is 1. The predicted octanol–water partition coefficient (Wildman–Crippen LogP) is 1.19. The fourth-order valence-corrected chi connectivity index (χ4v) is 1.61. The fourth-order valence-electron chi connectivity index (χ4n) is 1.61. The van der Waals surface area contributed by atoms with Crippen molar-refractivity contribution < 1.29 is 9.18 Å². The van der Waals surface area contributed by atoms with Crippen LogP contribution in [0.5, 0.6) is 0 Å². The lowest BCUT2D eigenvalue weighted by atomic mass is 10.1. The van der Waals surface area contributed by atoms with Crippen molar-refractivity contribution in [2.24, 2.45) is 0 Å². The van der Waals surface area contributed by atoms with Crippen molar-refractivity contribution in [1.82, 2.24) is 10.2 Å². The average Bonchev–Trinajstić information content (AvgIpc) is 2.53. The molecule has 0 aromatic rings. The maximum absolute atomic E-state index is 14.1. The fraction of sp³-hybridized carbons (Fsp3) is 0.444. The van der Waals surface area contributed by atoms with Crippen LogP contribution in [0.1, 0.15) is 6.42 Å². The van der Waals surface area contributed by atoms with Crippen molar-refractivity contribution in [3.8, 4) is 0 Å². The summed E-state index contributed by atoms with van der Waals surface area (Å²) in [5.41, 5.74) is 0. The third kappa shape index (κ3) is 1.32. The molecule has 1 atom stereocenters. The van der Waals surface area contributed by atoms with Gasteiger partial charge in [0.15, 0.2) is 0 Å². The first-order valence-corrected chi connectivity index (χ1v) is 4.31. The highest BCUT2D eigenvalue weighted by Crippen LogP contribution is 2.28. The van der Waals surface area contributed by atoms with Crippen molar-refractivity contribution in [3.05, 3.63) is 24.3 Å². The quantitative estimate of drug-likeness (QED) is 0.607. The predicted molar refractivity (Wildman–Crippen MR) is 46.8 cm³/mol. The Hall–Kier alpha value is -1.32. The van der Waals surface area contributed by atoms with Crippen LogP contribution in [0.15, 0.2) is 24.3 Å². The number of alkyl halides is 1. The van der Waals surface area contributed by atoms with Gasteiger partial charge in [-0.2, -0.15) is 0 Å². The van der Waals surface area contributed by atoms with E-state index in [9.17, 15) is 9.18 Å². The molecule has 0 radical (unpaired) electrons. The normalized spacial score (nSPS) is 32.4. The summed E-state index contributed by atoms with van der Waals surface area (Å²) < 4.78 is 14.1. The van der Waals surface area contributed by atoms with Gasteiger partial charge in [-0.15, -0.1) is 0 Å². The van der Waals surface area contributed by atoms with E-state index in [0.717, 1.165) is 0 Å². The average molecular weight is 182 g/mol. The van der Waals surface area contributed by atoms with E-state index in [-0.39, 0.29) is 12.5 Å². The highest BCUT2D eigenvalue weighted by atomic mass is 19.1. The highest BCUT2D eigenvalue weighted by molar-refractivity contribution is 5.77. The molecule has 0 bridgehead atoms. The van der Waals surface area contributed by atoms with Crippen molar-refractivity contribution in [2.45, 2.75) is 12.2 Å². The van der Waals surface area contributed by atoms with E-state index in [1.54, 1.807) is 18.2 Å². The van der Waals surface area contributed by atoms with Crippen molar-refractivity contribution in [1.29, 1.82) is 0 Å². The molecule has 0 spiro atoms. The number of nitrogens with zero attached hydrogens (tertiary/aromatic N) is 1. The molecule has 70 valence electrons. The van der Waals surface area contributed by atoms with Crippen LogP contribution >= 0.6 is 0 Å². The summed E-state index contributed by atoms with van der Waals surface area (Å²) in [6.45, 7) is 0.968. The van der Waals surface area contributed by atoms with Crippen LogP contribution in [-0.4, -0.2) is 29.8 Å². The van der Waals surface area contributed by atoms with Crippen molar-refractivity contribution >= 4 is 6.03 Å². The number of urea groups is 1. The Labute approximate surface area is 75.9 Å². The number of carbonyl (C=O) groups is 1. The molecular weight excluding hydrogens is 171 g/mol. The third-order valence-corrected chi connectivity index (χ3v) is 2.31. The monoisotopic (exact) mass is 182 g/mol. The van der Waals surface area contributed by atoms with Gasteiger partial charge in [-0.05, 0) is 6.08 Å². The summed E-state index contributed by atoms with van der Waals surface area (Å²) in [6, 6.07) is -0.317. The Morgan fingerprint density at radius 1 is 1.54 bits per heavy atom. The van der Waals surface area contributed by atoms with Crippen LogP contribution < -0.4 is 5.32 Å². The lowest BCUT2D eigenvalue weighted by Crippen LogP contribution is -2.45. The number of halogens is 1. The van der Waals surface area contributed by atoms with Gasteiger partial charge in [0.25, 0.3) is 0 Å². The Bertz CT molecular complexity index is 287. The second kappa shape index (κ2) is 2.87. The van der Waals surface area contributed by atoms with Crippen LogP contribution in [0.4, 0.5) is 9.18 Å². The Kier molecular flexibility index (Phi) is 1.83. The second-order valence-corrected chi connectivity index (χ2v) is 3.19. The van der Waals surface area contributed by atoms with Gasteiger partial charge in [-0.3, -0.25) is 4.90 Å². The Balaban J connectivity index is 2.19. The minimum Gasteiger partial charge on any atom is -0.336 e. The van der Waals surface area contributed by atoms with Gasteiger partial charge < -0.3 is 5.32 Å². The summed E-state index contributed by atoms with van der Waals surface area (Å²) >= 11 is 0. The molecule has 0 aromatic carbocycles. The first kappa shape index (κ1) is 8.29. The van der Waals surface area contributed by atoms with Crippen LogP contribution in [0.25, 0.3) is 0 Å². The van der Waals surface area contributed by atoms with E-state index in [0.29, 0.717) is 13.1 Å². The van der Waals surface area contributed by atoms with Crippen molar-refractivity contribution in [3.63, 3.8) is 0 Å². The van der Waals surface area contributed by atoms with E-state index in [2.05, 4.69) is 5.32 Å². The van der Waals surface area contributed by atoms with Gasteiger partial charge >= 0.3 is 6.03 Å². The smallest absolute Gasteiger partial charge is 0.320 e. The molecule has 0 aromatic heterocycles. The second-order valence-electron chi connectivity index (χ2n) is 3.19. The molecule has 3 nitrogen and oxygen atoms in total. The summed E-state index contributed by atoms with van der Waals surface area (Å²) in [5, 5.41) is 2.58. The molecule has 1 saturated heterocycles. The molecule has 1 aliphatic heterocycles. The standard InChI is InChI=1S/C9H11FN2O/c10-9(4-2-1-3-5-9)12-7-6-11-8(12)13/h1-4H,5-7H2,(H,11,13). The Morgan fingerprint density at radius 2 is 2.38 bits per heavy atom. The van der Waals surface area contributed by atoms with Gasteiger partial charge in [0, 0.05) is 19.5 Å². The van der Waals surface area contributed by atoms with E-state index in [4.69, 9.17) is 0 Å². The number of amides is 2. The van der Waals surface area contributed by atoms with Gasteiger partial charge in [-0.1, -0.05) is 18.2 Å². The number of rotatable bonds is 1. The lowest BCUT2D eigenvalue weighted by molar-refractivity contribution is 0.0575. The first-order chi connectivity index (χ1) is 6.22. The maximum atomic E-state index is 14.1. The minimum absolute atomic E-state index is 0.247. The van der Waals surface area contributed by atoms with Crippen LogP contribution in [0, 0.1) is 0 Å². The van der Waals surface area contributed by atoms with Crippen LogP contribution in [0.3, 0.4) is 0 Å². The van der Waals surface area contributed by atoms with E-state index in [1.165, 1.54) is 11.0 Å². The van der Waals surface area contributed by atoms with Gasteiger partial charge in [0.2, 0.25) is 5.79 Å². The molecule has 1 unspecified atom stereocenters. The molecule has 1 aliphatic carbocycles. The number of carbonyl (C=O) groups excluding carboxylic acids is 1. The van der Waals surface area contributed by atoms with E-state index in [1.807, 2.05) is 0 Å². The van der Waals surface area contributed by atoms with Gasteiger partial charge in [-0.25, -0.2) is 9.18 Å². The summed E-state index contributed by atoms with van der Waals surface area (Å²) in [6.07, 6.45) is 6.82. The topological polar surface area (TPSA) is 32.3 Å². The third-order valence-electron chi connectivity index (χ3n) is 2.31. The molecule has 2 amide bonds. The molecule has 1 N–H and O–H groups in total. The van der Waals surface area contributed by atoms with Gasteiger partial charge in [0.1, 0.15) is 0 Å². The molecule has 2 aliphatic rings. The first-order valence-electron chi connectivity index (χ1n) is 4.31. The molecule has 0 saturated carbocycles. The zero-order chi connectivity index (χ0) is 9.31. The SMILES string of the molecule is O=C1NCCN1C1(F)C=CC=CC1. The summed E-state index contributed by atoms with van der Waals surface area (Å²) in [7, 11) is 0. The maximum Gasteiger partial charge on any atom is 0.320 e. The number of hydrogen-bond donors (Lipinski definition) is 1. The van der Waals surface area contributed by atoms with E-state index >= 15 is 0 Å². The van der Waals surface area contributed by atoms with Gasteiger partial charge in [0.05, 0.1) is 0 Å². The summed E-state index contributed by atoms with van der Waals surface area (Å²) in [4.78, 5) is 12.4. The molecule has 4 heteroatoms. The van der Waals surface area contributed by atoms with Crippen LogP contribution in [-0.2, 0) is 0 Å². The highest BCUT2D eigenvalue weighted by Gasteiger charge is 2.39. The molecule has 13 heavy (non-hydrogen) atoms. The molecular formula is C9H11FN2O. The van der Waals surface area contributed by atoms with Crippen molar-refractivity contribution in [2.75, 3.05) is 13.1 Å². The lowest BCUT2D eigenvalue weighted by Gasteiger charge is -2.31. The number of hydrogen-bond acceptors (Lipinski definition) is 1. The minimum atomic E-state index is -1.62. The molecule has 2 rings (SSSR count). The number of allylic oxidation sites excluding steroid dienone is 2. The largest absolute Gasteiger partial charge is 0.336 e. The van der Waals surface area contributed by atoms with Crippen LogP contribution in [0.2, 0.25) is 0 Å². The summed E-state index contributed by atoms with van der Waals surface area (Å²) in [5.74, 6) is -1.62.